The van der Waals surface area contributed by atoms with E-state index in [9.17, 15) is 8.42 Å². The fourth-order valence-electron chi connectivity index (χ4n) is 3.11. The smallest absolute Gasteiger partial charge is 0.245 e. The van der Waals surface area contributed by atoms with Gasteiger partial charge in [-0.25, -0.2) is 8.42 Å². The highest BCUT2D eigenvalue weighted by Crippen LogP contribution is 2.35. The zero-order valence-corrected chi connectivity index (χ0v) is 14.9. The van der Waals surface area contributed by atoms with E-state index in [1.807, 2.05) is 49.4 Å². The number of benzene rings is 2. The van der Waals surface area contributed by atoms with E-state index in [4.69, 9.17) is 0 Å². The molecule has 1 aliphatic rings. The van der Waals surface area contributed by atoms with Crippen LogP contribution in [-0.4, -0.2) is 23.7 Å². The topological polar surface area (TPSA) is 50.3 Å². The molecule has 1 aliphatic carbocycles. The molecular weight excluding hydrogens is 332 g/mol. The Morgan fingerprint density at radius 3 is 2.56 bits per heavy atom. The quantitative estimate of drug-likeness (QED) is 0.700. The largest absolute Gasteiger partial charge is 0.255 e. The number of para-hydroxylation sites is 1. The van der Waals surface area contributed by atoms with Crippen molar-refractivity contribution in [1.29, 1.82) is 0 Å². The molecule has 1 fully saturated rings. The van der Waals surface area contributed by atoms with Crippen molar-refractivity contribution in [2.75, 3.05) is 0 Å². The second-order valence-corrected chi connectivity index (χ2v) is 8.47. The van der Waals surface area contributed by atoms with Crippen molar-refractivity contribution in [2.45, 2.75) is 37.2 Å². The molecule has 0 radical (unpaired) electrons. The van der Waals surface area contributed by atoms with E-state index in [2.05, 4.69) is 4.98 Å². The van der Waals surface area contributed by atoms with Crippen molar-refractivity contribution in [1.82, 2.24) is 9.29 Å². The minimum atomic E-state index is -3.60. The van der Waals surface area contributed by atoms with Crippen LogP contribution in [0.4, 0.5) is 0 Å². The first-order valence-corrected chi connectivity index (χ1v) is 9.91. The van der Waals surface area contributed by atoms with Gasteiger partial charge in [-0.15, -0.1) is 0 Å². The molecule has 25 heavy (non-hydrogen) atoms. The minimum Gasteiger partial charge on any atom is -0.255 e. The summed E-state index contributed by atoms with van der Waals surface area (Å²) < 4.78 is 28.4. The normalized spacial score (nSPS) is 15.0. The Morgan fingerprint density at radius 2 is 1.84 bits per heavy atom. The summed E-state index contributed by atoms with van der Waals surface area (Å²) in [6.07, 6.45) is 3.56. The van der Waals surface area contributed by atoms with Gasteiger partial charge in [0.15, 0.2) is 0 Å². The number of aromatic nitrogens is 1. The standard InChI is InChI=1S/C20H20N2O2S/c1-15-12-17-8-5-9-19(20(17)21-13-15)25(23,24)22(18-10-11-18)14-16-6-3-2-4-7-16/h2-9,12-13,18H,10-11,14H2,1H3. The summed E-state index contributed by atoms with van der Waals surface area (Å²) >= 11 is 0. The van der Waals surface area contributed by atoms with E-state index in [-0.39, 0.29) is 6.04 Å². The molecule has 5 heteroatoms. The summed E-state index contributed by atoms with van der Waals surface area (Å²) in [5, 5.41) is 0.858. The molecule has 0 aliphatic heterocycles. The predicted octanol–water partition coefficient (Wildman–Crippen LogP) is 3.90. The van der Waals surface area contributed by atoms with Crippen molar-refractivity contribution in [3.05, 3.63) is 71.9 Å². The van der Waals surface area contributed by atoms with Gasteiger partial charge in [-0.05, 0) is 43.0 Å². The molecule has 4 nitrogen and oxygen atoms in total. The molecule has 3 aromatic rings. The van der Waals surface area contributed by atoms with Crippen LogP contribution in [0.1, 0.15) is 24.0 Å². The van der Waals surface area contributed by atoms with Crippen LogP contribution in [0.2, 0.25) is 0 Å². The van der Waals surface area contributed by atoms with E-state index in [0.29, 0.717) is 17.0 Å². The zero-order valence-electron chi connectivity index (χ0n) is 14.1. The maximum atomic E-state index is 13.4. The van der Waals surface area contributed by atoms with Crippen molar-refractivity contribution in [2.24, 2.45) is 0 Å². The van der Waals surface area contributed by atoms with Crippen LogP contribution < -0.4 is 0 Å². The minimum absolute atomic E-state index is 0.0888. The molecular formula is C20H20N2O2S. The Labute approximate surface area is 148 Å². The Kier molecular flexibility index (Phi) is 4.06. The molecule has 0 atom stereocenters. The third-order valence-electron chi connectivity index (χ3n) is 4.53. The summed E-state index contributed by atoms with van der Waals surface area (Å²) in [6, 6.07) is 17.2. The number of hydrogen-bond donors (Lipinski definition) is 0. The first kappa shape index (κ1) is 16.2. The Bertz CT molecular complexity index is 1010. The Hall–Kier alpha value is -2.24. The lowest BCUT2D eigenvalue weighted by atomic mass is 10.2. The number of sulfonamides is 1. The van der Waals surface area contributed by atoms with Gasteiger partial charge in [0.05, 0.1) is 5.52 Å². The van der Waals surface area contributed by atoms with Crippen LogP contribution in [0.5, 0.6) is 0 Å². The number of rotatable bonds is 5. The number of pyridine rings is 1. The average molecular weight is 352 g/mol. The lowest BCUT2D eigenvalue weighted by Gasteiger charge is -2.22. The summed E-state index contributed by atoms with van der Waals surface area (Å²) in [7, 11) is -3.60. The maximum Gasteiger partial charge on any atom is 0.245 e. The second kappa shape index (κ2) is 6.24. The van der Waals surface area contributed by atoms with Crippen LogP contribution in [-0.2, 0) is 16.6 Å². The molecule has 0 unspecified atom stereocenters. The van der Waals surface area contributed by atoms with Gasteiger partial charge in [-0.2, -0.15) is 4.31 Å². The predicted molar refractivity (Wildman–Crippen MR) is 98.7 cm³/mol. The van der Waals surface area contributed by atoms with Crippen LogP contribution >= 0.6 is 0 Å². The van der Waals surface area contributed by atoms with Crippen molar-refractivity contribution in [3.8, 4) is 0 Å². The summed E-state index contributed by atoms with van der Waals surface area (Å²) in [5.41, 5.74) is 2.57. The third-order valence-corrected chi connectivity index (χ3v) is 6.46. The highest BCUT2D eigenvalue weighted by atomic mass is 32.2. The van der Waals surface area contributed by atoms with Gasteiger partial charge in [-0.3, -0.25) is 4.98 Å². The monoisotopic (exact) mass is 352 g/mol. The van der Waals surface area contributed by atoms with Crippen molar-refractivity contribution >= 4 is 20.9 Å². The van der Waals surface area contributed by atoms with Crippen LogP contribution in [0.25, 0.3) is 10.9 Å². The van der Waals surface area contributed by atoms with Gasteiger partial charge in [0.2, 0.25) is 10.0 Å². The first-order chi connectivity index (χ1) is 12.1. The molecule has 1 saturated carbocycles. The SMILES string of the molecule is Cc1cnc2c(S(=O)(=O)N(Cc3ccccc3)C3CC3)cccc2c1. The number of nitrogens with zero attached hydrogens (tertiary/aromatic N) is 2. The van der Waals surface area contributed by atoms with E-state index < -0.39 is 10.0 Å². The lowest BCUT2D eigenvalue weighted by Crippen LogP contribution is -2.32. The molecule has 4 rings (SSSR count). The average Bonchev–Trinajstić information content (AvgIpc) is 3.44. The van der Waals surface area contributed by atoms with Crippen LogP contribution in [0, 0.1) is 6.92 Å². The van der Waals surface area contributed by atoms with Crippen molar-refractivity contribution < 1.29 is 8.42 Å². The summed E-state index contributed by atoms with van der Waals surface area (Å²) in [4.78, 5) is 4.71. The lowest BCUT2D eigenvalue weighted by molar-refractivity contribution is 0.399. The molecule has 0 N–H and O–H groups in total. The summed E-state index contributed by atoms with van der Waals surface area (Å²) in [5.74, 6) is 0. The van der Waals surface area contributed by atoms with Gasteiger partial charge in [0.1, 0.15) is 4.90 Å². The highest BCUT2D eigenvalue weighted by molar-refractivity contribution is 7.89. The Balaban J connectivity index is 1.79. The zero-order chi connectivity index (χ0) is 17.4. The van der Waals surface area contributed by atoms with E-state index in [1.54, 1.807) is 22.6 Å². The molecule has 128 valence electrons. The second-order valence-electron chi connectivity index (χ2n) is 6.61. The fraction of sp³-hybridized carbons (Fsp3) is 0.250. The first-order valence-electron chi connectivity index (χ1n) is 8.47. The molecule has 0 bridgehead atoms. The van der Waals surface area contributed by atoms with E-state index in [0.717, 1.165) is 29.4 Å². The van der Waals surface area contributed by atoms with E-state index >= 15 is 0 Å². The van der Waals surface area contributed by atoms with Gasteiger partial charge >= 0.3 is 0 Å². The molecule has 0 saturated heterocycles. The van der Waals surface area contributed by atoms with Crippen molar-refractivity contribution in [3.63, 3.8) is 0 Å². The number of hydrogen-bond acceptors (Lipinski definition) is 3. The molecule has 0 spiro atoms. The Morgan fingerprint density at radius 1 is 1.08 bits per heavy atom. The fourth-order valence-corrected chi connectivity index (χ4v) is 4.95. The molecule has 1 aromatic heterocycles. The van der Waals surface area contributed by atoms with Gasteiger partial charge in [-0.1, -0.05) is 42.5 Å². The highest BCUT2D eigenvalue weighted by Gasteiger charge is 2.38. The van der Waals surface area contributed by atoms with Crippen LogP contribution in [0.15, 0.2) is 65.7 Å². The van der Waals surface area contributed by atoms with Crippen LogP contribution in [0.3, 0.4) is 0 Å². The summed E-state index contributed by atoms with van der Waals surface area (Å²) in [6.45, 7) is 2.36. The van der Waals surface area contributed by atoms with Gasteiger partial charge in [0.25, 0.3) is 0 Å². The number of aryl methyl sites for hydroxylation is 1. The maximum absolute atomic E-state index is 13.4. The molecule has 1 heterocycles. The molecule has 2 aromatic carbocycles. The molecule has 0 amide bonds. The van der Waals surface area contributed by atoms with Gasteiger partial charge < -0.3 is 0 Å². The number of fused-ring (bicyclic) bond motifs is 1. The van der Waals surface area contributed by atoms with Gasteiger partial charge in [0, 0.05) is 24.2 Å². The van der Waals surface area contributed by atoms with E-state index in [1.165, 1.54) is 0 Å². The third kappa shape index (κ3) is 3.17.